The third-order valence-corrected chi connectivity index (χ3v) is 7.29. The summed E-state index contributed by atoms with van der Waals surface area (Å²) in [6, 6.07) is 14.5. The Labute approximate surface area is 191 Å². The van der Waals surface area contributed by atoms with Gasteiger partial charge in [0.05, 0.1) is 37.6 Å². The zero-order valence-electron chi connectivity index (χ0n) is 15.9. The minimum Gasteiger partial charge on any atom is -0.491 e. The molecule has 4 nitrogen and oxygen atoms in total. The highest BCUT2D eigenvalue weighted by Crippen LogP contribution is 2.35. The minimum atomic E-state index is 0.604. The van der Waals surface area contributed by atoms with Gasteiger partial charge in [-0.1, -0.05) is 12.1 Å². The molecule has 1 aromatic heterocycles. The van der Waals surface area contributed by atoms with E-state index in [2.05, 4.69) is 77.4 Å². The van der Waals surface area contributed by atoms with Crippen molar-refractivity contribution in [3.8, 4) is 11.8 Å². The largest absolute Gasteiger partial charge is 0.491 e. The highest BCUT2D eigenvalue weighted by molar-refractivity contribution is 9.11. The van der Waals surface area contributed by atoms with Gasteiger partial charge >= 0.3 is 0 Å². The first-order chi connectivity index (χ1) is 14.2. The van der Waals surface area contributed by atoms with Gasteiger partial charge in [-0.3, -0.25) is 4.90 Å². The summed E-state index contributed by atoms with van der Waals surface area (Å²) in [7, 11) is 0. The summed E-state index contributed by atoms with van der Waals surface area (Å²) in [5.74, 6) is 0.762. The van der Waals surface area contributed by atoms with E-state index in [0.717, 1.165) is 53.8 Å². The number of fused-ring (bicyclic) bond motifs is 1. The second kappa shape index (κ2) is 9.48. The molecule has 4 rings (SSSR count). The fraction of sp³-hybridized carbons (Fsp3) is 0.318. The molecule has 1 saturated heterocycles. The van der Waals surface area contributed by atoms with E-state index in [9.17, 15) is 0 Å². The fourth-order valence-electron chi connectivity index (χ4n) is 3.66. The van der Waals surface area contributed by atoms with Gasteiger partial charge in [-0.25, -0.2) is 0 Å². The maximum Gasteiger partial charge on any atom is 0.147 e. The van der Waals surface area contributed by atoms with Crippen molar-refractivity contribution in [1.29, 1.82) is 5.26 Å². The molecule has 0 atom stereocenters. The van der Waals surface area contributed by atoms with Crippen LogP contribution >= 0.6 is 43.2 Å². The first-order valence-corrected chi connectivity index (χ1v) is 12.1. The van der Waals surface area contributed by atoms with Crippen LogP contribution in [0.1, 0.15) is 12.0 Å². The summed E-state index contributed by atoms with van der Waals surface area (Å²) in [5, 5.41) is 12.5. The van der Waals surface area contributed by atoms with Gasteiger partial charge in [-0.15, -0.1) is 11.3 Å². The number of nitriles is 1. The Hall–Kier alpha value is -1.59. The average Bonchev–Trinajstić information content (AvgIpc) is 3.22. The van der Waals surface area contributed by atoms with Crippen molar-refractivity contribution in [1.82, 2.24) is 4.90 Å². The van der Waals surface area contributed by atoms with E-state index in [0.29, 0.717) is 12.2 Å². The Morgan fingerprint density at radius 1 is 1.07 bits per heavy atom. The molecule has 29 heavy (non-hydrogen) atoms. The van der Waals surface area contributed by atoms with Gasteiger partial charge < -0.3 is 9.64 Å². The van der Waals surface area contributed by atoms with Gasteiger partial charge in [-0.05, 0) is 73.3 Å². The molecule has 0 amide bonds. The van der Waals surface area contributed by atoms with Crippen LogP contribution in [0, 0.1) is 11.3 Å². The third-order valence-electron chi connectivity index (χ3n) is 5.16. The van der Waals surface area contributed by atoms with E-state index >= 15 is 0 Å². The highest BCUT2D eigenvalue weighted by Gasteiger charge is 2.19. The quantitative estimate of drug-likeness (QED) is 0.370. The molecular formula is C22H21Br2N3OS. The number of anilines is 1. The van der Waals surface area contributed by atoms with Crippen LogP contribution in [-0.4, -0.2) is 44.2 Å². The van der Waals surface area contributed by atoms with Crippen molar-refractivity contribution < 1.29 is 4.74 Å². The van der Waals surface area contributed by atoms with E-state index in [1.165, 1.54) is 15.8 Å². The van der Waals surface area contributed by atoms with E-state index in [1.54, 1.807) is 12.1 Å². The van der Waals surface area contributed by atoms with Crippen molar-refractivity contribution in [3.05, 3.63) is 56.3 Å². The lowest BCUT2D eigenvalue weighted by molar-refractivity contribution is 0.224. The average molecular weight is 535 g/mol. The fourth-order valence-corrected chi connectivity index (χ4v) is 6.02. The summed E-state index contributed by atoms with van der Waals surface area (Å²) >= 11 is 8.81. The Kier molecular flexibility index (Phi) is 6.76. The predicted molar refractivity (Wildman–Crippen MR) is 127 cm³/mol. The zero-order chi connectivity index (χ0) is 20.2. The molecule has 1 aliphatic heterocycles. The SMILES string of the molecule is N#Cc1cc(Br)c(OCCCN2CCN(c3cccc4ccsc34)CC2)c(Br)c1. The first kappa shape index (κ1) is 20.7. The minimum absolute atomic E-state index is 0.604. The second-order valence-corrected chi connectivity index (χ2v) is 9.65. The van der Waals surface area contributed by atoms with Crippen LogP contribution in [0.5, 0.6) is 5.75 Å². The lowest BCUT2D eigenvalue weighted by Crippen LogP contribution is -2.46. The normalized spacial score (nSPS) is 14.9. The van der Waals surface area contributed by atoms with Crippen molar-refractivity contribution in [2.75, 3.05) is 44.2 Å². The summed E-state index contributed by atoms with van der Waals surface area (Å²) in [5.41, 5.74) is 1.98. The molecule has 0 unspecified atom stereocenters. The molecule has 1 aliphatic rings. The smallest absolute Gasteiger partial charge is 0.147 e. The molecule has 0 spiro atoms. The lowest BCUT2D eigenvalue weighted by atomic mass is 10.2. The van der Waals surface area contributed by atoms with Gasteiger partial charge in [0, 0.05) is 32.7 Å². The van der Waals surface area contributed by atoms with E-state index in [4.69, 9.17) is 10.00 Å². The molecule has 2 heterocycles. The predicted octanol–water partition coefficient (Wildman–Crippen LogP) is 5.89. The van der Waals surface area contributed by atoms with Gasteiger partial charge in [0.1, 0.15) is 5.75 Å². The Bertz CT molecular complexity index is 1010. The number of piperazine rings is 1. The number of benzene rings is 2. The maximum absolute atomic E-state index is 9.03. The van der Waals surface area contributed by atoms with Crippen molar-refractivity contribution in [2.24, 2.45) is 0 Å². The number of hydrogen-bond acceptors (Lipinski definition) is 5. The Balaban J connectivity index is 1.25. The molecule has 0 N–H and O–H groups in total. The lowest BCUT2D eigenvalue weighted by Gasteiger charge is -2.36. The van der Waals surface area contributed by atoms with Crippen LogP contribution in [0.4, 0.5) is 5.69 Å². The van der Waals surface area contributed by atoms with Crippen LogP contribution in [-0.2, 0) is 0 Å². The molecular weight excluding hydrogens is 514 g/mol. The third kappa shape index (κ3) is 4.77. The van der Waals surface area contributed by atoms with Crippen LogP contribution in [0.15, 0.2) is 50.7 Å². The van der Waals surface area contributed by atoms with Crippen LogP contribution in [0.3, 0.4) is 0 Å². The standard InChI is InChI=1S/C22H21Br2N3OS/c23-18-13-16(15-25)14-19(24)21(18)28-11-2-6-26-7-9-27(10-8-26)20-4-1-3-17-5-12-29-22(17)20/h1,3-5,12-14H,2,6-11H2. The molecule has 7 heteroatoms. The van der Waals surface area contributed by atoms with Crippen molar-refractivity contribution >= 4 is 59.0 Å². The first-order valence-electron chi connectivity index (χ1n) is 9.61. The van der Waals surface area contributed by atoms with Crippen LogP contribution in [0.2, 0.25) is 0 Å². The van der Waals surface area contributed by atoms with Crippen LogP contribution in [0.25, 0.3) is 10.1 Å². The molecule has 150 valence electrons. The number of rotatable bonds is 6. The van der Waals surface area contributed by atoms with E-state index < -0.39 is 0 Å². The van der Waals surface area contributed by atoms with E-state index in [1.807, 2.05) is 11.3 Å². The van der Waals surface area contributed by atoms with Crippen LogP contribution < -0.4 is 9.64 Å². The van der Waals surface area contributed by atoms with Crippen molar-refractivity contribution in [2.45, 2.75) is 6.42 Å². The number of ether oxygens (including phenoxy) is 1. The topological polar surface area (TPSA) is 39.5 Å². The number of halogens is 2. The number of hydrogen-bond donors (Lipinski definition) is 0. The number of nitrogens with zero attached hydrogens (tertiary/aromatic N) is 3. The van der Waals surface area contributed by atoms with E-state index in [-0.39, 0.29) is 0 Å². The summed E-state index contributed by atoms with van der Waals surface area (Å²) in [4.78, 5) is 5.02. The maximum atomic E-state index is 9.03. The highest BCUT2D eigenvalue weighted by atomic mass is 79.9. The monoisotopic (exact) mass is 533 g/mol. The van der Waals surface area contributed by atoms with Gasteiger partial charge in [0.15, 0.2) is 0 Å². The summed E-state index contributed by atoms with van der Waals surface area (Å²) < 4.78 is 8.96. The molecule has 3 aromatic rings. The van der Waals surface area contributed by atoms with Gasteiger partial charge in [0.25, 0.3) is 0 Å². The van der Waals surface area contributed by atoms with Crippen molar-refractivity contribution in [3.63, 3.8) is 0 Å². The summed E-state index contributed by atoms with van der Waals surface area (Å²) in [6.07, 6.45) is 0.972. The Morgan fingerprint density at radius 2 is 1.83 bits per heavy atom. The van der Waals surface area contributed by atoms with Gasteiger partial charge in [0.2, 0.25) is 0 Å². The molecule has 0 radical (unpaired) electrons. The zero-order valence-corrected chi connectivity index (χ0v) is 19.9. The Morgan fingerprint density at radius 3 is 2.55 bits per heavy atom. The number of thiophene rings is 1. The molecule has 0 aliphatic carbocycles. The molecule has 0 saturated carbocycles. The molecule has 2 aromatic carbocycles. The summed E-state index contributed by atoms with van der Waals surface area (Å²) in [6.45, 7) is 5.95. The molecule has 0 bridgehead atoms. The molecule has 1 fully saturated rings. The second-order valence-electron chi connectivity index (χ2n) is 7.03. The van der Waals surface area contributed by atoms with Gasteiger partial charge in [-0.2, -0.15) is 5.26 Å².